The lowest BCUT2D eigenvalue weighted by molar-refractivity contribution is -0.141. The summed E-state index contributed by atoms with van der Waals surface area (Å²) in [5, 5.41) is 11.5. The number of hydrogen-bond acceptors (Lipinski definition) is 4. The Hall–Kier alpha value is -2.24. The van der Waals surface area contributed by atoms with E-state index in [1.165, 1.54) is 21.1 Å². The van der Waals surface area contributed by atoms with Crippen LogP contribution in [-0.2, 0) is 16.0 Å². The maximum Gasteiger partial charge on any atom is 0.326 e. The molecule has 104 valence electrons. The number of para-hydroxylation sites is 1. The van der Waals surface area contributed by atoms with Crippen LogP contribution in [0, 0.1) is 0 Å². The Kier molecular flexibility index (Phi) is 5.17. The molecule has 2 N–H and O–H groups in total. The van der Waals surface area contributed by atoms with Gasteiger partial charge >= 0.3 is 5.97 Å². The molecule has 0 aliphatic rings. The smallest absolute Gasteiger partial charge is 0.326 e. The maximum atomic E-state index is 11.1. The fourth-order valence-electron chi connectivity index (χ4n) is 1.78. The first kappa shape index (κ1) is 14.8. The minimum Gasteiger partial charge on any atom is -0.493 e. The summed E-state index contributed by atoms with van der Waals surface area (Å²) in [6.45, 7) is 1.28. The number of carboxylic acid groups (broad SMARTS) is 1. The van der Waals surface area contributed by atoms with E-state index in [4.69, 9.17) is 14.6 Å². The molecule has 1 unspecified atom stereocenters. The molecule has 0 aliphatic carbocycles. The van der Waals surface area contributed by atoms with Gasteiger partial charge in [0.05, 0.1) is 14.2 Å². The molecule has 1 aromatic carbocycles. The number of methoxy groups -OCH3 is 2. The lowest BCUT2D eigenvalue weighted by Crippen LogP contribution is -2.41. The van der Waals surface area contributed by atoms with Gasteiger partial charge in [0.25, 0.3) is 0 Å². The Bertz CT molecular complexity index is 472. The summed E-state index contributed by atoms with van der Waals surface area (Å²) in [5.74, 6) is -0.497. The molecule has 1 amide bonds. The van der Waals surface area contributed by atoms with Gasteiger partial charge in [-0.1, -0.05) is 12.1 Å². The number of carboxylic acids is 1. The monoisotopic (exact) mass is 267 g/mol. The molecule has 0 heterocycles. The number of carbonyl (C=O) groups is 2. The Labute approximate surface area is 111 Å². The molecule has 0 bridgehead atoms. The molecule has 1 atom stereocenters. The second kappa shape index (κ2) is 6.63. The van der Waals surface area contributed by atoms with E-state index in [2.05, 4.69) is 5.32 Å². The standard InChI is InChI=1S/C13H17NO5/c1-8(15)14-10(13(16)17)7-9-5-4-6-11(18-2)12(9)19-3/h4-6,10H,7H2,1-3H3,(H,14,15)(H,16,17). The van der Waals surface area contributed by atoms with Gasteiger partial charge in [-0.2, -0.15) is 0 Å². The number of benzene rings is 1. The van der Waals surface area contributed by atoms with Crippen LogP contribution in [0.2, 0.25) is 0 Å². The molecule has 0 spiro atoms. The highest BCUT2D eigenvalue weighted by atomic mass is 16.5. The molecule has 0 fully saturated rings. The summed E-state index contributed by atoms with van der Waals surface area (Å²) < 4.78 is 10.4. The van der Waals surface area contributed by atoms with E-state index in [0.29, 0.717) is 17.1 Å². The lowest BCUT2D eigenvalue weighted by atomic mass is 10.0. The Morgan fingerprint density at radius 1 is 1.32 bits per heavy atom. The number of aliphatic carboxylic acids is 1. The average Bonchev–Trinajstić information content (AvgIpc) is 2.36. The zero-order valence-electron chi connectivity index (χ0n) is 11.1. The van der Waals surface area contributed by atoms with Crippen molar-refractivity contribution in [3.8, 4) is 11.5 Å². The van der Waals surface area contributed by atoms with Crippen molar-refractivity contribution in [1.82, 2.24) is 5.32 Å². The number of hydrogen-bond donors (Lipinski definition) is 2. The number of nitrogens with one attached hydrogen (secondary N) is 1. The van der Waals surface area contributed by atoms with Gasteiger partial charge in [0, 0.05) is 18.9 Å². The van der Waals surface area contributed by atoms with Crippen molar-refractivity contribution >= 4 is 11.9 Å². The van der Waals surface area contributed by atoms with Crippen LogP contribution in [-0.4, -0.2) is 37.2 Å². The zero-order chi connectivity index (χ0) is 14.4. The summed E-state index contributed by atoms with van der Waals surface area (Å²) in [6.07, 6.45) is 0.120. The normalized spacial score (nSPS) is 11.5. The summed E-state index contributed by atoms with van der Waals surface area (Å²) in [4.78, 5) is 22.1. The van der Waals surface area contributed by atoms with Crippen LogP contribution in [0.5, 0.6) is 11.5 Å². The third-order valence-corrected chi connectivity index (χ3v) is 2.58. The summed E-state index contributed by atoms with van der Waals surface area (Å²) in [5.41, 5.74) is 0.656. The molecule has 0 radical (unpaired) electrons. The highest BCUT2D eigenvalue weighted by Gasteiger charge is 2.21. The minimum atomic E-state index is -1.10. The molecule has 19 heavy (non-hydrogen) atoms. The third kappa shape index (κ3) is 3.87. The van der Waals surface area contributed by atoms with Gasteiger partial charge in [-0.05, 0) is 6.07 Å². The minimum absolute atomic E-state index is 0.120. The highest BCUT2D eigenvalue weighted by Crippen LogP contribution is 2.31. The number of amides is 1. The molecule has 1 rings (SSSR count). The maximum absolute atomic E-state index is 11.1. The van der Waals surface area contributed by atoms with Crippen molar-refractivity contribution < 1.29 is 24.2 Å². The summed E-state index contributed by atoms with van der Waals surface area (Å²) in [6, 6.07) is 4.19. The van der Waals surface area contributed by atoms with Crippen LogP contribution in [0.3, 0.4) is 0 Å². The number of ether oxygens (including phenoxy) is 2. The van der Waals surface area contributed by atoms with Crippen LogP contribution >= 0.6 is 0 Å². The second-order valence-electron chi connectivity index (χ2n) is 3.95. The summed E-state index contributed by atoms with van der Waals surface area (Å²) >= 11 is 0. The van der Waals surface area contributed by atoms with E-state index in [1.807, 2.05) is 0 Å². The van der Waals surface area contributed by atoms with Crippen LogP contribution in [0.25, 0.3) is 0 Å². The van der Waals surface area contributed by atoms with E-state index in [0.717, 1.165) is 0 Å². The van der Waals surface area contributed by atoms with Crippen LogP contribution in [0.15, 0.2) is 18.2 Å². The molecule has 0 aliphatic heterocycles. The Morgan fingerprint density at radius 2 is 2.00 bits per heavy atom. The molecule has 6 nitrogen and oxygen atoms in total. The zero-order valence-corrected chi connectivity index (χ0v) is 11.1. The summed E-state index contributed by atoms with van der Waals surface area (Å²) in [7, 11) is 2.99. The van der Waals surface area contributed by atoms with Crippen molar-refractivity contribution in [1.29, 1.82) is 0 Å². The first-order valence-electron chi connectivity index (χ1n) is 5.69. The largest absolute Gasteiger partial charge is 0.493 e. The average molecular weight is 267 g/mol. The molecule has 0 saturated carbocycles. The van der Waals surface area contributed by atoms with E-state index in [-0.39, 0.29) is 6.42 Å². The van der Waals surface area contributed by atoms with Gasteiger partial charge in [-0.15, -0.1) is 0 Å². The van der Waals surface area contributed by atoms with Gasteiger partial charge in [0.15, 0.2) is 11.5 Å². The van der Waals surface area contributed by atoms with Crippen molar-refractivity contribution in [3.05, 3.63) is 23.8 Å². The van der Waals surface area contributed by atoms with E-state index < -0.39 is 17.9 Å². The molecule has 6 heteroatoms. The molecule has 1 aromatic rings. The van der Waals surface area contributed by atoms with Crippen molar-refractivity contribution in [2.75, 3.05) is 14.2 Å². The van der Waals surface area contributed by atoms with E-state index in [1.54, 1.807) is 18.2 Å². The van der Waals surface area contributed by atoms with Gasteiger partial charge in [-0.3, -0.25) is 4.79 Å². The quantitative estimate of drug-likeness (QED) is 0.797. The first-order chi connectivity index (χ1) is 8.99. The molecule has 0 aromatic heterocycles. The number of rotatable bonds is 6. The van der Waals surface area contributed by atoms with E-state index >= 15 is 0 Å². The highest BCUT2D eigenvalue weighted by molar-refractivity contribution is 5.82. The predicted octanol–water partition coefficient (Wildman–Crippen LogP) is 0.836. The fraction of sp³-hybridized carbons (Fsp3) is 0.385. The van der Waals surface area contributed by atoms with Crippen LogP contribution < -0.4 is 14.8 Å². The SMILES string of the molecule is COc1cccc(CC(NC(C)=O)C(=O)O)c1OC. The number of carbonyl (C=O) groups excluding carboxylic acids is 1. The van der Waals surface area contributed by atoms with Gasteiger partial charge in [0.1, 0.15) is 6.04 Å². The Balaban J connectivity index is 3.02. The first-order valence-corrected chi connectivity index (χ1v) is 5.69. The van der Waals surface area contributed by atoms with E-state index in [9.17, 15) is 9.59 Å². The van der Waals surface area contributed by atoms with Gasteiger partial charge < -0.3 is 19.9 Å². The lowest BCUT2D eigenvalue weighted by Gasteiger charge is -2.17. The van der Waals surface area contributed by atoms with Crippen molar-refractivity contribution in [3.63, 3.8) is 0 Å². The van der Waals surface area contributed by atoms with Gasteiger partial charge in [-0.25, -0.2) is 4.79 Å². The molecular weight excluding hydrogens is 250 g/mol. The Morgan fingerprint density at radius 3 is 2.47 bits per heavy atom. The topological polar surface area (TPSA) is 84.9 Å². The van der Waals surface area contributed by atoms with Crippen LogP contribution in [0.4, 0.5) is 0 Å². The van der Waals surface area contributed by atoms with Gasteiger partial charge in [0.2, 0.25) is 5.91 Å². The predicted molar refractivity (Wildman–Crippen MR) is 68.5 cm³/mol. The molecule has 0 saturated heterocycles. The fourth-order valence-corrected chi connectivity index (χ4v) is 1.78. The van der Waals surface area contributed by atoms with Crippen molar-refractivity contribution in [2.45, 2.75) is 19.4 Å². The van der Waals surface area contributed by atoms with Crippen LogP contribution in [0.1, 0.15) is 12.5 Å². The second-order valence-corrected chi connectivity index (χ2v) is 3.95. The molecular formula is C13H17NO5. The third-order valence-electron chi connectivity index (χ3n) is 2.58. The van der Waals surface area contributed by atoms with Crippen molar-refractivity contribution in [2.24, 2.45) is 0 Å².